The number of hydrogen-bond acceptors (Lipinski definition) is 3. The third kappa shape index (κ3) is 2.22. The number of pyridine rings is 1. The van der Waals surface area contributed by atoms with Gasteiger partial charge in [-0.05, 0) is 12.1 Å². The van der Waals surface area contributed by atoms with E-state index in [1.165, 1.54) is 0 Å². The molecule has 0 saturated heterocycles. The van der Waals surface area contributed by atoms with Gasteiger partial charge in [0.2, 0.25) is 5.16 Å². The molecule has 0 radical (unpaired) electrons. The summed E-state index contributed by atoms with van der Waals surface area (Å²) in [5.74, 6) is 0. The second-order valence-corrected chi connectivity index (χ2v) is 7.87. The lowest BCUT2D eigenvalue weighted by Gasteiger charge is -2.45. The highest BCUT2D eigenvalue weighted by Gasteiger charge is 2.63. The van der Waals surface area contributed by atoms with Gasteiger partial charge in [-0.1, -0.05) is 52.2 Å². The van der Waals surface area contributed by atoms with Gasteiger partial charge in [0.1, 0.15) is 0 Å². The summed E-state index contributed by atoms with van der Waals surface area (Å²) in [5, 5.41) is -0.989. The molecule has 0 aliphatic carbocycles. The van der Waals surface area contributed by atoms with Crippen molar-refractivity contribution in [2.75, 3.05) is 0 Å². The van der Waals surface area contributed by atoms with Crippen LogP contribution >= 0.6 is 8.03 Å². The van der Waals surface area contributed by atoms with E-state index < -0.39 is 24.0 Å². The molecule has 0 saturated carbocycles. The monoisotopic (exact) mass is 267 g/mol. The molecule has 18 heavy (non-hydrogen) atoms. The molecule has 3 nitrogen and oxygen atoms in total. The Labute approximate surface area is 111 Å². The molecule has 0 spiro atoms. The quantitative estimate of drug-likeness (QED) is 0.771. The van der Waals surface area contributed by atoms with E-state index in [2.05, 4.69) is 4.98 Å². The zero-order chi connectivity index (χ0) is 14.2. The maximum atomic E-state index is 12.1. The molecular weight excluding hydrogens is 245 g/mol. The van der Waals surface area contributed by atoms with E-state index in [-0.39, 0.29) is 0 Å². The highest BCUT2D eigenvalue weighted by Crippen LogP contribution is 2.62. The molecule has 1 aromatic rings. The second-order valence-electron chi connectivity index (χ2n) is 6.68. The molecule has 0 fully saturated rings. The van der Waals surface area contributed by atoms with Crippen LogP contribution in [-0.4, -0.2) is 4.98 Å². The number of aromatic nitrogens is 1. The lowest BCUT2D eigenvalue weighted by molar-refractivity contribution is -0.178. The van der Waals surface area contributed by atoms with Crippen LogP contribution in [0.1, 0.15) is 47.2 Å². The minimum atomic E-state index is -2.66. The van der Waals surface area contributed by atoms with Crippen LogP contribution in [0.15, 0.2) is 24.4 Å². The van der Waals surface area contributed by atoms with Gasteiger partial charge in [0.25, 0.3) is 0 Å². The Hall–Kier alpha value is -0.790. The van der Waals surface area contributed by atoms with E-state index >= 15 is 0 Å². The molecule has 100 valence electrons. The highest BCUT2D eigenvalue weighted by atomic mass is 31.1. The molecule has 1 heterocycles. The molecule has 0 bridgehead atoms. The Morgan fingerprint density at radius 1 is 1.06 bits per heavy atom. The minimum Gasteiger partial charge on any atom is -0.595 e. The maximum absolute atomic E-state index is 12.1. The van der Waals surface area contributed by atoms with E-state index in [0.717, 1.165) is 0 Å². The van der Waals surface area contributed by atoms with Gasteiger partial charge in [0.15, 0.2) is 0 Å². The molecule has 0 amide bonds. The Morgan fingerprint density at radius 2 is 1.56 bits per heavy atom. The second kappa shape index (κ2) is 4.71. The van der Waals surface area contributed by atoms with Gasteiger partial charge in [-0.3, -0.25) is 4.98 Å². The maximum Gasteiger partial charge on any atom is 0.322 e. The van der Waals surface area contributed by atoms with Crippen LogP contribution in [0.4, 0.5) is 0 Å². The smallest absolute Gasteiger partial charge is 0.322 e. The van der Waals surface area contributed by atoms with Crippen molar-refractivity contribution in [1.82, 2.24) is 4.98 Å². The first kappa shape index (κ1) is 15.3. The average molecular weight is 267 g/mol. The Balaban J connectivity index is 3.67. The van der Waals surface area contributed by atoms with Crippen molar-refractivity contribution in [3.05, 3.63) is 30.1 Å². The Morgan fingerprint density at radius 3 is 1.83 bits per heavy atom. The average Bonchev–Trinajstić information content (AvgIpc) is 2.14. The normalized spacial score (nSPS) is 14.5. The third-order valence-corrected chi connectivity index (χ3v) is 5.60. The predicted octanol–water partition coefficient (Wildman–Crippen LogP) is 3.47. The Bertz CT molecular complexity index is 415. The van der Waals surface area contributed by atoms with Gasteiger partial charge in [0.05, 0.1) is 5.69 Å². The van der Waals surface area contributed by atoms with Crippen LogP contribution in [0, 0.1) is 10.8 Å². The largest absolute Gasteiger partial charge is 0.595 e. The highest BCUT2D eigenvalue weighted by molar-refractivity contribution is 7.38. The summed E-state index contributed by atoms with van der Waals surface area (Å²) in [6, 6.07) is 5.45. The fraction of sp³-hybridized carbons (Fsp3) is 0.643. The van der Waals surface area contributed by atoms with E-state index in [1.807, 2.05) is 53.7 Å². The van der Waals surface area contributed by atoms with E-state index in [1.54, 1.807) is 12.3 Å². The zero-order valence-electron chi connectivity index (χ0n) is 12.0. The zero-order valence-corrected chi connectivity index (χ0v) is 12.9. The summed E-state index contributed by atoms with van der Waals surface area (Å²) >= 11 is 0. The van der Waals surface area contributed by atoms with Gasteiger partial charge < -0.3 is 4.89 Å². The van der Waals surface area contributed by atoms with E-state index in [4.69, 9.17) is 0 Å². The number of rotatable bonds is 2. The van der Waals surface area contributed by atoms with Crippen LogP contribution in [0.25, 0.3) is 0 Å². The first-order valence-electron chi connectivity index (χ1n) is 6.11. The van der Waals surface area contributed by atoms with Crippen LogP contribution < -0.4 is 4.89 Å². The van der Waals surface area contributed by atoms with Crippen LogP contribution in [0.3, 0.4) is 0 Å². The third-order valence-electron chi connectivity index (χ3n) is 3.48. The van der Waals surface area contributed by atoms with Crippen molar-refractivity contribution in [1.29, 1.82) is 0 Å². The minimum absolute atomic E-state index is 0.436. The van der Waals surface area contributed by atoms with E-state index in [0.29, 0.717) is 5.69 Å². The van der Waals surface area contributed by atoms with Crippen molar-refractivity contribution in [3.8, 4) is 0 Å². The van der Waals surface area contributed by atoms with Crippen molar-refractivity contribution in [2.24, 2.45) is 10.8 Å². The summed E-state index contributed by atoms with van der Waals surface area (Å²) in [7, 11) is -2.66. The molecule has 0 N–H and O–H groups in total. The topological polar surface area (TPSA) is 53.0 Å². The standard InChI is InChI=1S/C14H22NO2P/c1-12(2,3)14(18(16)17,13(4,5)6)11-9-7-8-10-15-11/h7-10H,1-6H3. The summed E-state index contributed by atoms with van der Waals surface area (Å²) in [4.78, 5) is 16.4. The fourth-order valence-electron chi connectivity index (χ4n) is 3.11. The molecule has 0 aliphatic rings. The van der Waals surface area contributed by atoms with Gasteiger partial charge in [0, 0.05) is 17.0 Å². The van der Waals surface area contributed by atoms with Gasteiger partial charge >= 0.3 is 8.03 Å². The molecule has 1 aromatic heterocycles. The molecule has 4 heteroatoms. The van der Waals surface area contributed by atoms with Crippen molar-refractivity contribution in [2.45, 2.75) is 46.7 Å². The molecule has 0 aliphatic heterocycles. The van der Waals surface area contributed by atoms with Crippen molar-refractivity contribution in [3.63, 3.8) is 0 Å². The van der Waals surface area contributed by atoms with Gasteiger partial charge in [-0.15, -0.1) is 0 Å². The predicted molar refractivity (Wildman–Crippen MR) is 72.4 cm³/mol. The Kier molecular flexibility index (Phi) is 4.00. The fourth-order valence-corrected chi connectivity index (χ4v) is 4.53. The molecule has 1 atom stereocenters. The first-order chi connectivity index (χ1) is 8.05. The summed E-state index contributed by atoms with van der Waals surface area (Å²) < 4.78 is 12.1. The van der Waals surface area contributed by atoms with Crippen LogP contribution in [-0.2, 0) is 9.72 Å². The van der Waals surface area contributed by atoms with E-state index in [9.17, 15) is 9.46 Å². The van der Waals surface area contributed by atoms with Crippen LogP contribution in [0.5, 0.6) is 0 Å². The van der Waals surface area contributed by atoms with Crippen molar-refractivity contribution >= 4 is 8.03 Å². The molecule has 1 unspecified atom stereocenters. The lowest BCUT2D eigenvalue weighted by Crippen LogP contribution is -2.49. The SMILES string of the molecule is CC(C)(C)C(c1ccccn1)([P+](=O)[O-])C(C)(C)C. The van der Waals surface area contributed by atoms with Crippen molar-refractivity contribution < 1.29 is 9.46 Å². The first-order valence-corrected chi connectivity index (χ1v) is 7.29. The summed E-state index contributed by atoms with van der Waals surface area (Å²) in [6.45, 7) is 11.7. The lowest BCUT2D eigenvalue weighted by atomic mass is 9.64. The number of nitrogens with zero attached hydrogens (tertiary/aromatic N) is 1. The molecule has 1 rings (SSSR count). The molecule has 0 aromatic carbocycles. The van der Waals surface area contributed by atoms with Gasteiger partial charge in [-0.2, -0.15) is 0 Å². The molecular formula is C14H22NO2P. The summed E-state index contributed by atoms with van der Waals surface area (Å²) in [5.41, 5.74) is -0.245. The number of hydrogen-bond donors (Lipinski definition) is 0. The van der Waals surface area contributed by atoms with Crippen LogP contribution in [0.2, 0.25) is 0 Å². The summed E-state index contributed by atoms with van der Waals surface area (Å²) in [6.07, 6.45) is 1.65. The van der Waals surface area contributed by atoms with Gasteiger partial charge in [-0.25, -0.2) is 0 Å².